The first-order chi connectivity index (χ1) is 9.77. The summed E-state index contributed by atoms with van der Waals surface area (Å²) < 4.78 is 27.8. The Kier molecular flexibility index (Phi) is 3.97. The highest BCUT2D eigenvalue weighted by Crippen LogP contribution is 2.19. The van der Waals surface area contributed by atoms with Gasteiger partial charge in [-0.1, -0.05) is 20.8 Å². The van der Waals surface area contributed by atoms with Gasteiger partial charge < -0.3 is 5.32 Å². The summed E-state index contributed by atoms with van der Waals surface area (Å²) in [6, 6.07) is 2.84. The highest BCUT2D eigenvalue weighted by molar-refractivity contribution is 5.90. The third-order valence-corrected chi connectivity index (χ3v) is 2.70. The molecule has 0 atom stereocenters. The monoisotopic (exact) mass is 295 g/mol. The molecule has 0 radical (unpaired) electrons. The summed E-state index contributed by atoms with van der Waals surface area (Å²) in [7, 11) is 0. The molecule has 6 nitrogen and oxygen atoms in total. The molecular weight excluding hydrogens is 280 g/mol. The van der Waals surface area contributed by atoms with Gasteiger partial charge in [-0.2, -0.15) is 0 Å². The second kappa shape index (κ2) is 5.55. The Bertz CT molecular complexity index is 663. The Morgan fingerprint density at radius 3 is 2.71 bits per heavy atom. The number of nitrogens with zero attached hydrogens (tertiary/aromatic N) is 4. The number of anilines is 1. The van der Waals surface area contributed by atoms with Crippen molar-refractivity contribution in [3.8, 4) is 0 Å². The van der Waals surface area contributed by atoms with Crippen LogP contribution in [0.15, 0.2) is 18.2 Å². The molecule has 0 saturated heterocycles. The number of hydrogen-bond donors (Lipinski definition) is 1. The maximum Gasteiger partial charge on any atom is 0.246 e. The number of tetrazole rings is 1. The zero-order valence-corrected chi connectivity index (χ0v) is 11.9. The van der Waals surface area contributed by atoms with Gasteiger partial charge in [-0.3, -0.25) is 4.79 Å². The first kappa shape index (κ1) is 15.0. The average molecular weight is 295 g/mol. The van der Waals surface area contributed by atoms with Gasteiger partial charge in [0.15, 0.2) is 5.82 Å². The summed E-state index contributed by atoms with van der Waals surface area (Å²) >= 11 is 0. The van der Waals surface area contributed by atoms with Gasteiger partial charge in [0.2, 0.25) is 5.91 Å². The van der Waals surface area contributed by atoms with Gasteiger partial charge >= 0.3 is 0 Å². The molecule has 112 valence electrons. The minimum Gasteiger partial charge on any atom is -0.322 e. The van der Waals surface area contributed by atoms with Gasteiger partial charge in [0.05, 0.1) is 5.69 Å². The van der Waals surface area contributed by atoms with E-state index in [0.29, 0.717) is 5.82 Å². The fourth-order valence-corrected chi connectivity index (χ4v) is 1.77. The maximum absolute atomic E-state index is 13.4. The third kappa shape index (κ3) is 3.59. The zero-order chi connectivity index (χ0) is 15.6. The summed E-state index contributed by atoms with van der Waals surface area (Å²) in [5.41, 5.74) is -0.557. The van der Waals surface area contributed by atoms with Crippen LogP contribution in [0.5, 0.6) is 0 Å². The minimum atomic E-state index is -0.711. The molecule has 0 spiro atoms. The van der Waals surface area contributed by atoms with E-state index in [1.807, 2.05) is 20.8 Å². The molecule has 0 saturated carbocycles. The van der Waals surface area contributed by atoms with Crippen molar-refractivity contribution < 1.29 is 13.6 Å². The Hall–Kier alpha value is -2.38. The van der Waals surface area contributed by atoms with Crippen molar-refractivity contribution >= 4 is 11.6 Å². The van der Waals surface area contributed by atoms with Crippen LogP contribution in [0.4, 0.5) is 14.5 Å². The SMILES string of the molecule is CC(C)(C)c1nnnn1CC(=O)Nc1cc(F)ccc1F. The second-order valence-corrected chi connectivity index (χ2v) is 5.58. The van der Waals surface area contributed by atoms with E-state index < -0.39 is 17.5 Å². The van der Waals surface area contributed by atoms with E-state index in [1.165, 1.54) is 4.68 Å². The van der Waals surface area contributed by atoms with E-state index in [9.17, 15) is 13.6 Å². The third-order valence-electron chi connectivity index (χ3n) is 2.70. The van der Waals surface area contributed by atoms with Crippen LogP contribution in [0.25, 0.3) is 0 Å². The molecule has 0 unspecified atom stereocenters. The first-order valence-corrected chi connectivity index (χ1v) is 6.29. The molecule has 0 aliphatic carbocycles. The number of amides is 1. The fourth-order valence-electron chi connectivity index (χ4n) is 1.77. The molecule has 0 aliphatic heterocycles. The zero-order valence-electron chi connectivity index (χ0n) is 11.9. The molecule has 0 fully saturated rings. The fraction of sp³-hybridized carbons (Fsp3) is 0.385. The van der Waals surface area contributed by atoms with Crippen LogP contribution in [0, 0.1) is 11.6 Å². The van der Waals surface area contributed by atoms with Crippen molar-refractivity contribution in [2.24, 2.45) is 0 Å². The molecule has 2 aromatic rings. The van der Waals surface area contributed by atoms with E-state index in [-0.39, 0.29) is 17.6 Å². The lowest BCUT2D eigenvalue weighted by Crippen LogP contribution is -2.26. The van der Waals surface area contributed by atoms with Gasteiger partial charge in [-0.05, 0) is 22.6 Å². The number of halogens is 2. The van der Waals surface area contributed by atoms with Crippen LogP contribution < -0.4 is 5.32 Å². The topological polar surface area (TPSA) is 72.7 Å². The summed E-state index contributed by atoms with van der Waals surface area (Å²) in [4.78, 5) is 11.9. The quantitative estimate of drug-likeness (QED) is 0.938. The second-order valence-electron chi connectivity index (χ2n) is 5.58. The molecule has 8 heteroatoms. The Balaban J connectivity index is 2.13. The summed E-state index contributed by atoms with van der Waals surface area (Å²) in [5, 5.41) is 13.4. The number of rotatable bonds is 3. The smallest absolute Gasteiger partial charge is 0.246 e. The standard InChI is InChI=1S/C13H15F2N5O/c1-13(2,3)12-17-18-19-20(12)7-11(21)16-10-6-8(14)4-5-9(10)15/h4-6H,7H2,1-3H3,(H,16,21). The largest absolute Gasteiger partial charge is 0.322 e. The summed E-state index contributed by atoms with van der Waals surface area (Å²) in [6.07, 6.45) is 0. The van der Waals surface area contributed by atoms with Crippen molar-refractivity contribution in [3.63, 3.8) is 0 Å². The summed E-state index contributed by atoms with van der Waals surface area (Å²) in [6.45, 7) is 5.52. The van der Waals surface area contributed by atoms with Crippen LogP contribution in [-0.2, 0) is 16.8 Å². The Labute approximate surface area is 120 Å². The normalized spacial score (nSPS) is 11.5. The van der Waals surface area contributed by atoms with Gasteiger partial charge in [-0.25, -0.2) is 13.5 Å². The van der Waals surface area contributed by atoms with E-state index in [2.05, 4.69) is 20.8 Å². The molecule has 1 heterocycles. The van der Waals surface area contributed by atoms with E-state index in [1.54, 1.807) is 0 Å². The molecule has 2 rings (SSSR count). The number of benzene rings is 1. The van der Waals surface area contributed by atoms with Crippen molar-refractivity contribution in [2.45, 2.75) is 32.7 Å². The van der Waals surface area contributed by atoms with Crippen LogP contribution in [0.2, 0.25) is 0 Å². The lowest BCUT2D eigenvalue weighted by atomic mass is 9.96. The van der Waals surface area contributed by atoms with Crippen molar-refractivity contribution in [1.29, 1.82) is 0 Å². The molecular formula is C13H15F2N5O. The van der Waals surface area contributed by atoms with Crippen LogP contribution in [0.1, 0.15) is 26.6 Å². The number of nitrogens with one attached hydrogen (secondary N) is 1. The Morgan fingerprint density at radius 1 is 1.33 bits per heavy atom. The minimum absolute atomic E-state index is 0.185. The van der Waals surface area contributed by atoms with Crippen molar-refractivity contribution in [3.05, 3.63) is 35.7 Å². The maximum atomic E-state index is 13.4. The van der Waals surface area contributed by atoms with Crippen LogP contribution in [0.3, 0.4) is 0 Å². The van der Waals surface area contributed by atoms with Gasteiger partial charge in [0.25, 0.3) is 0 Å². The van der Waals surface area contributed by atoms with E-state index in [0.717, 1.165) is 18.2 Å². The molecule has 1 aromatic carbocycles. The van der Waals surface area contributed by atoms with Gasteiger partial charge in [0, 0.05) is 11.5 Å². The van der Waals surface area contributed by atoms with E-state index in [4.69, 9.17) is 0 Å². The average Bonchev–Trinajstić information content (AvgIpc) is 2.81. The number of carbonyl (C=O) groups is 1. The molecule has 1 aromatic heterocycles. The molecule has 1 amide bonds. The molecule has 0 bridgehead atoms. The van der Waals surface area contributed by atoms with Crippen LogP contribution in [-0.4, -0.2) is 26.1 Å². The van der Waals surface area contributed by atoms with Gasteiger partial charge in [-0.15, -0.1) is 5.10 Å². The van der Waals surface area contributed by atoms with Crippen molar-refractivity contribution in [2.75, 3.05) is 5.32 Å². The highest BCUT2D eigenvalue weighted by Gasteiger charge is 2.23. The molecule has 21 heavy (non-hydrogen) atoms. The Morgan fingerprint density at radius 2 is 2.05 bits per heavy atom. The lowest BCUT2D eigenvalue weighted by molar-refractivity contribution is -0.117. The van der Waals surface area contributed by atoms with E-state index >= 15 is 0 Å². The molecule has 0 aliphatic rings. The van der Waals surface area contributed by atoms with Gasteiger partial charge in [0.1, 0.15) is 18.2 Å². The lowest BCUT2D eigenvalue weighted by Gasteiger charge is -2.16. The first-order valence-electron chi connectivity index (χ1n) is 6.29. The van der Waals surface area contributed by atoms with Crippen molar-refractivity contribution in [1.82, 2.24) is 20.2 Å². The molecule has 1 N–H and O–H groups in total. The highest BCUT2D eigenvalue weighted by atomic mass is 19.1. The number of carbonyl (C=O) groups excluding carboxylic acids is 1. The number of aromatic nitrogens is 4. The predicted octanol–water partition coefficient (Wildman–Crippen LogP) is 1.89. The van der Waals surface area contributed by atoms with Crippen LogP contribution >= 0.6 is 0 Å². The summed E-state index contributed by atoms with van der Waals surface area (Å²) in [5.74, 6) is -1.36. The predicted molar refractivity (Wildman–Crippen MR) is 71.5 cm³/mol. The number of hydrogen-bond acceptors (Lipinski definition) is 4.